The van der Waals surface area contributed by atoms with Gasteiger partial charge in [0.25, 0.3) is 0 Å². The van der Waals surface area contributed by atoms with E-state index in [0.717, 1.165) is 11.1 Å². The van der Waals surface area contributed by atoms with E-state index in [1.54, 1.807) is 14.2 Å². The fourth-order valence-corrected chi connectivity index (χ4v) is 1.83. The first-order valence-electron chi connectivity index (χ1n) is 6.18. The maximum atomic E-state index is 10.8. The lowest BCUT2D eigenvalue weighted by atomic mass is 10.0. The largest absolute Gasteiger partial charge is 0.481 e. The molecule has 0 aliphatic rings. The van der Waals surface area contributed by atoms with Gasteiger partial charge < -0.3 is 19.9 Å². The molecule has 0 amide bonds. The molecule has 0 radical (unpaired) electrons. The van der Waals surface area contributed by atoms with Gasteiger partial charge in [-0.25, -0.2) is 0 Å². The average Bonchev–Trinajstić information content (AvgIpc) is 2.39. The molecule has 0 bridgehead atoms. The van der Waals surface area contributed by atoms with E-state index in [9.17, 15) is 4.79 Å². The van der Waals surface area contributed by atoms with E-state index < -0.39 is 5.97 Å². The van der Waals surface area contributed by atoms with Crippen LogP contribution in [0.5, 0.6) is 0 Å². The van der Waals surface area contributed by atoms with Gasteiger partial charge in [-0.3, -0.25) is 4.79 Å². The molecule has 19 heavy (non-hydrogen) atoms. The molecule has 1 unspecified atom stereocenters. The molecule has 1 aromatic rings. The zero-order chi connectivity index (χ0) is 14.1. The first-order valence-corrected chi connectivity index (χ1v) is 6.18. The summed E-state index contributed by atoms with van der Waals surface area (Å²) in [6.45, 7) is 1.80. The van der Waals surface area contributed by atoms with E-state index in [-0.39, 0.29) is 12.5 Å². The molecule has 5 heteroatoms. The van der Waals surface area contributed by atoms with Crippen LogP contribution < -0.4 is 5.32 Å². The van der Waals surface area contributed by atoms with Crippen molar-refractivity contribution in [3.8, 4) is 0 Å². The highest BCUT2D eigenvalue weighted by molar-refractivity contribution is 5.70. The minimum absolute atomic E-state index is 0.00311. The van der Waals surface area contributed by atoms with Gasteiger partial charge in [-0.2, -0.15) is 0 Å². The molecule has 1 atom stereocenters. The van der Waals surface area contributed by atoms with Gasteiger partial charge in [0.05, 0.1) is 19.1 Å². The van der Waals surface area contributed by atoms with Crippen molar-refractivity contribution >= 4 is 5.97 Å². The summed E-state index contributed by atoms with van der Waals surface area (Å²) in [6.07, 6.45) is 0.0422. The summed E-state index contributed by atoms with van der Waals surface area (Å²) < 4.78 is 10.3. The fraction of sp³-hybridized carbons (Fsp3) is 0.500. The SMILES string of the molecule is COCC(CNCc1ccccc1CC(=O)O)OC. The monoisotopic (exact) mass is 267 g/mol. The van der Waals surface area contributed by atoms with E-state index >= 15 is 0 Å². The van der Waals surface area contributed by atoms with E-state index in [0.29, 0.717) is 19.7 Å². The Kier molecular flexibility index (Phi) is 7.10. The van der Waals surface area contributed by atoms with Crippen molar-refractivity contribution in [3.05, 3.63) is 35.4 Å². The van der Waals surface area contributed by atoms with E-state index in [2.05, 4.69) is 5.32 Å². The summed E-state index contributed by atoms with van der Waals surface area (Å²) in [6, 6.07) is 7.54. The van der Waals surface area contributed by atoms with Crippen LogP contribution in [0.1, 0.15) is 11.1 Å². The Morgan fingerprint density at radius 1 is 1.32 bits per heavy atom. The van der Waals surface area contributed by atoms with Crippen molar-refractivity contribution in [2.75, 3.05) is 27.4 Å². The van der Waals surface area contributed by atoms with Crippen molar-refractivity contribution in [2.45, 2.75) is 19.1 Å². The van der Waals surface area contributed by atoms with Crippen molar-refractivity contribution in [1.29, 1.82) is 0 Å². The molecule has 1 aromatic carbocycles. The van der Waals surface area contributed by atoms with Gasteiger partial charge in [-0.1, -0.05) is 24.3 Å². The second kappa shape index (κ2) is 8.63. The van der Waals surface area contributed by atoms with Crippen LogP contribution in [-0.2, 0) is 27.2 Å². The molecular formula is C14H21NO4. The number of hydrogen-bond donors (Lipinski definition) is 2. The van der Waals surface area contributed by atoms with E-state index in [1.165, 1.54) is 0 Å². The molecule has 0 heterocycles. The second-order valence-electron chi connectivity index (χ2n) is 4.28. The zero-order valence-electron chi connectivity index (χ0n) is 11.4. The summed E-state index contributed by atoms with van der Waals surface area (Å²) >= 11 is 0. The predicted octanol–water partition coefficient (Wildman–Crippen LogP) is 1.06. The number of hydrogen-bond acceptors (Lipinski definition) is 4. The molecule has 0 spiro atoms. The van der Waals surface area contributed by atoms with Crippen LogP contribution in [0.15, 0.2) is 24.3 Å². The van der Waals surface area contributed by atoms with Crippen LogP contribution in [-0.4, -0.2) is 44.6 Å². The van der Waals surface area contributed by atoms with Gasteiger partial charge in [-0.15, -0.1) is 0 Å². The summed E-state index contributed by atoms with van der Waals surface area (Å²) in [4.78, 5) is 10.8. The normalized spacial score (nSPS) is 12.3. The maximum absolute atomic E-state index is 10.8. The molecule has 0 saturated heterocycles. The van der Waals surface area contributed by atoms with E-state index in [1.807, 2.05) is 24.3 Å². The Hall–Kier alpha value is -1.43. The molecule has 1 rings (SSSR count). The number of nitrogens with one attached hydrogen (secondary N) is 1. The van der Waals surface area contributed by atoms with Gasteiger partial charge in [0.2, 0.25) is 0 Å². The highest BCUT2D eigenvalue weighted by Gasteiger charge is 2.08. The molecule has 2 N–H and O–H groups in total. The summed E-state index contributed by atoms with van der Waals surface area (Å²) in [5.74, 6) is -0.818. The quantitative estimate of drug-likeness (QED) is 0.700. The van der Waals surface area contributed by atoms with E-state index in [4.69, 9.17) is 14.6 Å². The Morgan fingerprint density at radius 3 is 2.58 bits per heavy atom. The predicted molar refractivity (Wildman–Crippen MR) is 72.2 cm³/mol. The average molecular weight is 267 g/mol. The maximum Gasteiger partial charge on any atom is 0.307 e. The van der Waals surface area contributed by atoms with Crippen molar-refractivity contribution in [1.82, 2.24) is 5.32 Å². The molecule has 0 aliphatic carbocycles. The van der Waals surface area contributed by atoms with Crippen molar-refractivity contribution < 1.29 is 19.4 Å². The number of methoxy groups -OCH3 is 2. The summed E-state index contributed by atoms with van der Waals surface area (Å²) in [5.41, 5.74) is 1.83. The first kappa shape index (κ1) is 15.6. The zero-order valence-corrected chi connectivity index (χ0v) is 11.4. The number of rotatable bonds is 9. The first-order chi connectivity index (χ1) is 9.17. The Morgan fingerprint density at radius 2 is 2.00 bits per heavy atom. The van der Waals surface area contributed by atoms with Crippen LogP contribution >= 0.6 is 0 Å². The fourth-order valence-electron chi connectivity index (χ4n) is 1.83. The molecule has 0 fully saturated rings. The van der Waals surface area contributed by atoms with Gasteiger partial charge in [-0.05, 0) is 11.1 Å². The molecule has 0 saturated carbocycles. The van der Waals surface area contributed by atoms with Gasteiger partial charge in [0.1, 0.15) is 0 Å². The Bertz CT molecular complexity index is 395. The lowest BCUT2D eigenvalue weighted by molar-refractivity contribution is -0.136. The third-order valence-electron chi connectivity index (χ3n) is 2.83. The molecule has 5 nitrogen and oxygen atoms in total. The summed E-state index contributed by atoms with van der Waals surface area (Å²) in [5, 5.41) is 12.1. The van der Waals surface area contributed by atoms with Crippen molar-refractivity contribution in [2.24, 2.45) is 0 Å². The number of carbonyl (C=O) groups is 1. The highest BCUT2D eigenvalue weighted by Crippen LogP contribution is 2.09. The van der Waals surface area contributed by atoms with Crippen LogP contribution in [0.3, 0.4) is 0 Å². The third-order valence-corrected chi connectivity index (χ3v) is 2.83. The molecular weight excluding hydrogens is 246 g/mol. The summed E-state index contributed by atoms with van der Waals surface area (Å²) in [7, 11) is 3.28. The molecule has 0 aromatic heterocycles. The van der Waals surface area contributed by atoms with Gasteiger partial charge in [0, 0.05) is 27.3 Å². The van der Waals surface area contributed by atoms with Crippen LogP contribution in [0.4, 0.5) is 0 Å². The van der Waals surface area contributed by atoms with Crippen LogP contribution in [0.2, 0.25) is 0 Å². The number of benzene rings is 1. The number of carboxylic acids is 1. The standard InChI is InChI=1S/C14H21NO4/c1-18-10-13(19-2)9-15-8-12-6-4-3-5-11(12)7-14(16)17/h3-6,13,15H,7-10H2,1-2H3,(H,16,17). The van der Waals surface area contributed by atoms with Crippen LogP contribution in [0.25, 0.3) is 0 Å². The Labute approximate surface area is 113 Å². The van der Waals surface area contributed by atoms with Gasteiger partial charge in [0.15, 0.2) is 0 Å². The van der Waals surface area contributed by atoms with Crippen LogP contribution in [0, 0.1) is 0 Å². The minimum atomic E-state index is -0.818. The number of ether oxygens (including phenoxy) is 2. The second-order valence-corrected chi connectivity index (χ2v) is 4.28. The van der Waals surface area contributed by atoms with Gasteiger partial charge >= 0.3 is 5.97 Å². The smallest absolute Gasteiger partial charge is 0.307 e. The Balaban J connectivity index is 2.50. The highest BCUT2D eigenvalue weighted by atomic mass is 16.5. The molecule has 106 valence electrons. The lowest BCUT2D eigenvalue weighted by Crippen LogP contribution is -2.31. The minimum Gasteiger partial charge on any atom is -0.481 e. The molecule has 0 aliphatic heterocycles. The topological polar surface area (TPSA) is 67.8 Å². The number of aliphatic carboxylic acids is 1. The third kappa shape index (κ3) is 5.83. The van der Waals surface area contributed by atoms with Crippen molar-refractivity contribution in [3.63, 3.8) is 0 Å². The number of carboxylic acid groups (broad SMARTS) is 1. The lowest BCUT2D eigenvalue weighted by Gasteiger charge is -2.16.